The molecule has 3 aliphatic heterocycles. The Morgan fingerprint density at radius 1 is 1.02 bits per heavy atom. The molecule has 2 aromatic rings. The molecule has 0 aromatic heterocycles. The minimum absolute atomic E-state index is 0.0238. The predicted molar refractivity (Wildman–Crippen MR) is 170 cm³/mol. The van der Waals surface area contributed by atoms with Crippen molar-refractivity contribution in [3.8, 4) is 0 Å². The number of rotatable bonds is 10. The van der Waals surface area contributed by atoms with E-state index < -0.39 is 42.5 Å². The normalized spacial score (nSPS) is 19.6. The van der Waals surface area contributed by atoms with Crippen LogP contribution in [0, 0.1) is 11.7 Å². The lowest BCUT2D eigenvalue weighted by Gasteiger charge is -2.41. The zero-order valence-electron chi connectivity index (χ0n) is 26.1. The zero-order chi connectivity index (χ0) is 34.5. The number of anilines is 1. The fourth-order valence-corrected chi connectivity index (χ4v) is 7.08. The number of halogens is 2. The van der Waals surface area contributed by atoms with Gasteiger partial charge in [-0.25, -0.2) is 9.18 Å². The average molecular weight is 678 g/mol. The number of benzene rings is 2. The van der Waals surface area contributed by atoms with Crippen molar-refractivity contribution in [2.75, 3.05) is 51.2 Å². The van der Waals surface area contributed by atoms with E-state index in [-0.39, 0.29) is 23.1 Å². The van der Waals surface area contributed by atoms with Gasteiger partial charge < -0.3 is 40.2 Å². The van der Waals surface area contributed by atoms with Crippen molar-refractivity contribution in [3.05, 3.63) is 64.4 Å². The maximum absolute atomic E-state index is 14.1. The molecule has 3 aliphatic rings. The number of hydrogen-bond acceptors (Lipinski definition) is 8. The third kappa shape index (κ3) is 8.78. The molecule has 2 saturated heterocycles. The van der Waals surface area contributed by atoms with Crippen LogP contribution in [0.15, 0.2) is 42.5 Å². The molecular weight excluding hydrogens is 637 g/mol. The Kier molecular flexibility index (Phi) is 11.5. The lowest BCUT2D eigenvalue weighted by Crippen LogP contribution is -2.48. The average Bonchev–Trinajstić information content (AvgIpc) is 3.54. The van der Waals surface area contributed by atoms with Crippen molar-refractivity contribution in [1.29, 1.82) is 0 Å². The van der Waals surface area contributed by atoms with Crippen LogP contribution in [-0.2, 0) is 31.0 Å². The van der Waals surface area contributed by atoms with Crippen LogP contribution in [0.1, 0.15) is 43.2 Å². The molecule has 1 spiro atoms. The maximum atomic E-state index is 14.1. The first-order chi connectivity index (χ1) is 22.1. The second-order valence-electron chi connectivity index (χ2n) is 12.8. The van der Waals surface area contributed by atoms with E-state index >= 15 is 0 Å². The minimum atomic E-state index is -2.74. The summed E-state index contributed by atoms with van der Waals surface area (Å²) in [6.07, 6.45) is 0.402. The number of aliphatic hydroxyl groups is 2. The van der Waals surface area contributed by atoms with E-state index in [4.69, 9.17) is 32.0 Å². The van der Waals surface area contributed by atoms with E-state index in [1.165, 1.54) is 0 Å². The fourth-order valence-electron chi connectivity index (χ4n) is 6.87. The highest BCUT2D eigenvalue weighted by molar-refractivity contribution is 6.31. The molecule has 0 radical (unpaired) electrons. The van der Waals surface area contributed by atoms with Gasteiger partial charge in [0, 0.05) is 49.4 Å². The van der Waals surface area contributed by atoms with Gasteiger partial charge in [-0.05, 0) is 74.2 Å². The summed E-state index contributed by atoms with van der Waals surface area (Å²) in [6, 6.07) is 12.9. The third-order valence-corrected chi connectivity index (χ3v) is 9.68. The summed E-state index contributed by atoms with van der Waals surface area (Å²) < 4.78 is 14.1. The van der Waals surface area contributed by atoms with Crippen LogP contribution < -0.4 is 4.90 Å². The maximum Gasteiger partial charge on any atom is 0.336 e. The van der Waals surface area contributed by atoms with Crippen LogP contribution in [0.5, 0.6) is 0 Å². The van der Waals surface area contributed by atoms with Crippen molar-refractivity contribution < 1.29 is 49.1 Å². The van der Waals surface area contributed by atoms with Gasteiger partial charge in [-0.2, -0.15) is 0 Å². The van der Waals surface area contributed by atoms with Crippen molar-refractivity contribution in [2.24, 2.45) is 5.92 Å². The molecule has 256 valence electrons. The second kappa shape index (κ2) is 15.0. The summed E-state index contributed by atoms with van der Waals surface area (Å²) in [5, 5.41) is 44.5. The predicted octanol–water partition coefficient (Wildman–Crippen LogP) is 2.47. The Bertz CT molecular complexity index is 1470. The van der Waals surface area contributed by atoms with Crippen molar-refractivity contribution in [1.82, 2.24) is 9.80 Å². The second-order valence-corrected chi connectivity index (χ2v) is 13.2. The molecule has 5 rings (SSSR count). The molecule has 2 aromatic carbocycles. The van der Waals surface area contributed by atoms with Crippen LogP contribution in [0.3, 0.4) is 0 Å². The number of carboxylic acid groups (broad SMARTS) is 3. The quantitative estimate of drug-likeness (QED) is 0.249. The van der Waals surface area contributed by atoms with Gasteiger partial charge in [0.1, 0.15) is 5.82 Å². The van der Waals surface area contributed by atoms with Crippen molar-refractivity contribution in [2.45, 2.75) is 55.6 Å². The van der Waals surface area contributed by atoms with Gasteiger partial charge in [0.05, 0.1) is 24.9 Å². The third-order valence-electron chi connectivity index (χ3n) is 9.31. The number of carbonyl (C=O) groups is 4. The van der Waals surface area contributed by atoms with Crippen molar-refractivity contribution in [3.63, 3.8) is 0 Å². The number of likely N-dealkylation sites (N-methyl/N-ethyl adjacent to an activating group) is 1. The van der Waals surface area contributed by atoms with Gasteiger partial charge in [-0.3, -0.25) is 14.4 Å². The molecule has 0 aliphatic carbocycles. The van der Waals surface area contributed by atoms with Gasteiger partial charge in [-0.15, -0.1) is 0 Å². The van der Waals surface area contributed by atoms with E-state index in [0.717, 1.165) is 49.3 Å². The number of aliphatic hydroxyl groups excluding tert-OH is 1. The molecule has 3 heterocycles. The molecule has 0 saturated carbocycles. The lowest BCUT2D eigenvalue weighted by molar-refractivity contribution is -0.170. The highest BCUT2D eigenvalue weighted by atomic mass is 35.5. The van der Waals surface area contributed by atoms with Crippen LogP contribution in [0.4, 0.5) is 10.1 Å². The summed E-state index contributed by atoms with van der Waals surface area (Å²) in [6.45, 7) is 4.34. The van der Waals surface area contributed by atoms with Crippen LogP contribution in [0.2, 0.25) is 5.02 Å². The SMILES string of the molecule is CN1CC2(CCN(CC(Cc3ccccc3Cl)C(=O)N3CC[C@@H](O)C3)CC2)c2cc(F)ccc21.O=C(O)CC(O)(CC(=O)O)C(=O)O. The Labute approximate surface area is 277 Å². The molecule has 1 amide bonds. The minimum Gasteiger partial charge on any atom is -0.481 e. The molecule has 2 fully saturated rings. The highest BCUT2D eigenvalue weighted by Gasteiger charge is 2.44. The first kappa shape index (κ1) is 36.1. The Morgan fingerprint density at radius 3 is 2.21 bits per heavy atom. The summed E-state index contributed by atoms with van der Waals surface area (Å²) in [4.78, 5) is 50.4. The standard InChI is InChI=1S/C27H33ClFN3O2.C6H8O7/c1-30-18-27(23-15-21(29)6-7-25(23)30)9-12-31(13-10-27)16-20(14-19-4-2-3-5-24(19)28)26(34)32-11-8-22(33)17-32;7-3(8)1-6(13,5(11)12)2-4(9)10/h2-7,15,20,22,33H,8-14,16-18H2,1H3;13H,1-2H2,(H,7,8)(H,9,10)(H,11,12)/t20?,22-;/m1./s1. The van der Waals surface area contributed by atoms with Gasteiger partial charge >= 0.3 is 17.9 Å². The number of piperidine rings is 1. The Balaban J connectivity index is 0.000000328. The van der Waals surface area contributed by atoms with E-state index in [1.807, 2.05) is 35.2 Å². The number of β-amino-alcohol motifs (C(OH)–C–C–N with tert-alkyl or cyclic N) is 1. The van der Waals surface area contributed by atoms with E-state index in [2.05, 4.69) is 16.8 Å². The summed E-state index contributed by atoms with van der Waals surface area (Å²) >= 11 is 6.44. The fraction of sp³-hybridized carbons (Fsp3) is 0.515. The van der Waals surface area contributed by atoms with Crippen molar-refractivity contribution >= 4 is 41.1 Å². The molecule has 14 heteroatoms. The summed E-state index contributed by atoms with van der Waals surface area (Å²) in [5.74, 6) is -5.30. The van der Waals surface area contributed by atoms with Crippen LogP contribution in [0.25, 0.3) is 0 Å². The number of likely N-dealkylation sites (tertiary alicyclic amines) is 2. The molecular formula is C33H41ClFN3O9. The zero-order valence-corrected chi connectivity index (χ0v) is 26.9. The first-order valence-corrected chi connectivity index (χ1v) is 15.8. The molecule has 1 unspecified atom stereocenters. The van der Waals surface area contributed by atoms with Gasteiger partial charge in [0.15, 0.2) is 5.60 Å². The number of carboxylic acids is 3. The van der Waals surface area contributed by atoms with Gasteiger partial charge in [0.2, 0.25) is 5.91 Å². The monoisotopic (exact) mass is 677 g/mol. The lowest BCUT2D eigenvalue weighted by atomic mass is 9.74. The van der Waals surface area contributed by atoms with Crippen LogP contribution in [-0.4, -0.2) is 117 Å². The molecule has 0 bridgehead atoms. The van der Waals surface area contributed by atoms with Gasteiger partial charge in [-0.1, -0.05) is 29.8 Å². The molecule has 5 N–H and O–H groups in total. The summed E-state index contributed by atoms with van der Waals surface area (Å²) in [5.41, 5.74) is 0.484. The number of hydrogen-bond donors (Lipinski definition) is 5. The number of fused-ring (bicyclic) bond motifs is 2. The van der Waals surface area contributed by atoms with Gasteiger partial charge in [0.25, 0.3) is 0 Å². The van der Waals surface area contributed by atoms with E-state index in [9.17, 15) is 28.7 Å². The largest absolute Gasteiger partial charge is 0.481 e. The smallest absolute Gasteiger partial charge is 0.336 e. The Hall–Kier alpha value is -3.78. The topological polar surface area (TPSA) is 179 Å². The number of aliphatic carboxylic acids is 3. The van der Waals surface area contributed by atoms with E-state index in [1.54, 1.807) is 12.1 Å². The van der Waals surface area contributed by atoms with E-state index in [0.29, 0.717) is 37.5 Å². The molecule has 2 atom stereocenters. The number of amides is 1. The Morgan fingerprint density at radius 2 is 1.66 bits per heavy atom. The molecule has 12 nitrogen and oxygen atoms in total. The molecule has 47 heavy (non-hydrogen) atoms. The number of nitrogens with zero attached hydrogens (tertiary/aromatic N) is 3. The van der Waals surface area contributed by atoms with Crippen LogP contribution >= 0.6 is 11.6 Å². The summed E-state index contributed by atoms with van der Waals surface area (Å²) in [7, 11) is 2.08. The first-order valence-electron chi connectivity index (χ1n) is 15.5. The highest BCUT2D eigenvalue weighted by Crippen LogP contribution is 2.46. The number of carbonyl (C=O) groups excluding carboxylic acids is 1.